The molecular weight excluding hydrogens is 360 g/mol. The first-order valence-corrected chi connectivity index (χ1v) is 10.4. The molecule has 27 heavy (non-hydrogen) atoms. The molecule has 0 radical (unpaired) electrons. The van der Waals surface area contributed by atoms with Gasteiger partial charge in [0.05, 0.1) is 23.7 Å². The Bertz CT molecular complexity index is 540. The maximum absolute atomic E-state index is 5.95. The van der Waals surface area contributed by atoms with E-state index in [0.717, 1.165) is 11.5 Å². The Labute approximate surface area is 167 Å². The zero-order valence-corrected chi connectivity index (χ0v) is 17.0. The second kappa shape index (κ2) is 13.5. The third kappa shape index (κ3) is 9.18. The molecule has 2 aromatic carbocycles. The van der Waals surface area contributed by atoms with Gasteiger partial charge in [-0.15, -0.1) is 11.8 Å². The van der Waals surface area contributed by atoms with Crippen LogP contribution in [0.5, 0.6) is 11.5 Å². The number of rotatable bonds is 14. The molecule has 0 spiro atoms. The fourth-order valence-electron chi connectivity index (χ4n) is 2.44. The summed E-state index contributed by atoms with van der Waals surface area (Å²) in [5, 5.41) is 0.407. The van der Waals surface area contributed by atoms with Crippen LogP contribution in [0.15, 0.2) is 60.7 Å². The molecule has 0 aliphatic rings. The lowest BCUT2D eigenvalue weighted by atomic mass is 10.3. The molecule has 0 saturated carbocycles. The summed E-state index contributed by atoms with van der Waals surface area (Å²) in [6.45, 7) is 7.86. The number of thioether (sulfide) groups is 1. The van der Waals surface area contributed by atoms with Gasteiger partial charge < -0.3 is 18.9 Å². The van der Waals surface area contributed by atoms with Gasteiger partial charge in [-0.05, 0) is 38.1 Å². The van der Waals surface area contributed by atoms with Gasteiger partial charge in [0.1, 0.15) is 24.7 Å². The summed E-state index contributed by atoms with van der Waals surface area (Å²) in [5.41, 5.74) is 0. The van der Waals surface area contributed by atoms with Gasteiger partial charge in [0.2, 0.25) is 0 Å². The van der Waals surface area contributed by atoms with Crippen LogP contribution in [0, 0.1) is 0 Å². The van der Waals surface area contributed by atoms with Crippen LogP contribution >= 0.6 is 11.8 Å². The second-order valence-electron chi connectivity index (χ2n) is 5.95. The van der Waals surface area contributed by atoms with Gasteiger partial charge in [-0.1, -0.05) is 36.4 Å². The molecule has 0 saturated heterocycles. The van der Waals surface area contributed by atoms with E-state index in [1.165, 1.54) is 0 Å². The first-order chi connectivity index (χ1) is 13.3. The maximum Gasteiger partial charge on any atom is 0.119 e. The predicted molar refractivity (Wildman–Crippen MR) is 112 cm³/mol. The molecule has 2 unspecified atom stereocenters. The third-order valence-electron chi connectivity index (χ3n) is 3.76. The van der Waals surface area contributed by atoms with E-state index in [1.807, 2.05) is 86.3 Å². The van der Waals surface area contributed by atoms with Gasteiger partial charge in [-0.2, -0.15) is 0 Å². The van der Waals surface area contributed by atoms with Crippen molar-refractivity contribution in [3.05, 3.63) is 60.7 Å². The standard InChI is InChI=1S/C22H30O4S/c1-3-23-15-21(17-25-19-11-7-5-8-12-19)27-22(16-24-4-2)18-26-20-13-9-6-10-14-20/h5-14,21-22H,3-4,15-18H2,1-2H3. The molecular formula is C22H30O4S. The number of para-hydroxylation sites is 2. The fourth-order valence-corrected chi connectivity index (χ4v) is 3.62. The molecule has 2 rings (SSSR count). The zero-order valence-electron chi connectivity index (χ0n) is 16.2. The largest absolute Gasteiger partial charge is 0.492 e. The second-order valence-corrected chi connectivity index (χ2v) is 7.55. The molecule has 0 amide bonds. The van der Waals surface area contributed by atoms with Crippen LogP contribution < -0.4 is 9.47 Å². The number of hydrogen-bond acceptors (Lipinski definition) is 5. The van der Waals surface area contributed by atoms with Crippen LogP contribution in [0.4, 0.5) is 0 Å². The summed E-state index contributed by atoms with van der Waals surface area (Å²) >= 11 is 1.81. The first-order valence-electron chi connectivity index (χ1n) is 9.48. The van der Waals surface area contributed by atoms with Crippen molar-refractivity contribution in [2.75, 3.05) is 39.6 Å². The molecule has 0 bridgehead atoms. The van der Waals surface area contributed by atoms with E-state index in [9.17, 15) is 0 Å². The summed E-state index contributed by atoms with van der Waals surface area (Å²) < 4.78 is 23.2. The fraction of sp³-hybridized carbons (Fsp3) is 0.455. The number of ether oxygens (including phenoxy) is 4. The Morgan fingerprint density at radius 1 is 0.630 bits per heavy atom. The SMILES string of the molecule is CCOCC(COc1ccccc1)SC(COCC)COc1ccccc1. The maximum atomic E-state index is 5.95. The van der Waals surface area contributed by atoms with Crippen LogP contribution in [-0.4, -0.2) is 50.1 Å². The Morgan fingerprint density at radius 2 is 1.04 bits per heavy atom. The summed E-state index contributed by atoms with van der Waals surface area (Å²) in [5.74, 6) is 1.75. The first kappa shape index (κ1) is 21.6. The van der Waals surface area contributed by atoms with Gasteiger partial charge in [0.25, 0.3) is 0 Å². The number of hydrogen-bond donors (Lipinski definition) is 0. The molecule has 0 heterocycles. The minimum Gasteiger partial charge on any atom is -0.492 e. The van der Waals surface area contributed by atoms with E-state index in [0.29, 0.717) is 39.6 Å². The van der Waals surface area contributed by atoms with Gasteiger partial charge in [-0.3, -0.25) is 0 Å². The van der Waals surface area contributed by atoms with Crippen molar-refractivity contribution in [1.29, 1.82) is 0 Å². The van der Waals surface area contributed by atoms with Crippen LogP contribution in [0.25, 0.3) is 0 Å². The lowest BCUT2D eigenvalue weighted by Gasteiger charge is -2.23. The highest BCUT2D eigenvalue weighted by Crippen LogP contribution is 2.22. The molecule has 0 aromatic heterocycles. The molecule has 0 fully saturated rings. The lowest BCUT2D eigenvalue weighted by molar-refractivity contribution is 0.128. The summed E-state index contributed by atoms with van der Waals surface area (Å²) in [6, 6.07) is 19.8. The molecule has 0 aliphatic heterocycles. The summed E-state index contributed by atoms with van der Waals surface area (Å²) in [4.78, 5) is 0. The highest BCUT2D eigenvalue weighted by atomic mass is 32.2. The highest BCUT2D eigenvalue weighted by molar-refractivity contribution is 8.00. The summed E-state index contributed by atoms with van der Waals surface area (Å²) in [7, 11) is 0. The molecule has 5 heteroatoms. The van der Waals surface area contributed by atoms with Gasteiger partial charge >= 0.3 is 0 Å². The van der Waals surface area contributed by atoms with Gasteiger partial charge in [0, 0.05) is 13.2 Å². The van der Waals surface area contributed by atoms with Crippen molar-refractivity contribution in [2.24, 2.45) is 0 Å². The van der Waals surface area contributed by atoms with Gasteiger partial charge in [-0.25, -0.2) is 0 Å². The molecule has 4 nitrogen and oxygen atoms in total. The smallest absolute Gasteiger partial charge is 0.119 e. The average molecular weight is 391 g/mol. The minimum atomic E-state index is 0.204. The van der Waals surface area contributed by atoms with E-state index < -0.39 is 0 Å². The van der Waals surface area contributed by atoms with Crippen LogP contribution in [0.1, 0.15) is 13.8 Å². The molecule has 0 N–H and O–H groups in total. The van der Waals surface area contributed by atoms with E-state index in [-0.39, 0.29) is 10.5 Å². The van der Waals surface area contributed by atoms with Crippen molar-refractivity contribution in [2.45, 2.75) is 24.3 Å². The van der Waals surface area contributed by atoms with E-state index in [1.54, 1.807) is 0 Å². The Balaban J connectivity index is 1.90. The van der Waals surface area contributed by atoms with E-state index in [2.05, 4.69) is 0 Å². The van der Waals surface area contributed by atoms with Crippen molar-refractivity contribution >= 4 is 11.8 Å². The van der Waals surface area contributed by atoms with Crippen molar-refractivity contribution in [3.8, 4) is 11.5 Å². The molecule has 0 aliphatic carbocycles. The lowest BCUT2D eigenvalue weighted by Crippen LogP contribution is -2.29. The van der Waals surface area contributed by atoms with Crippen molar-refractivity contribution in [1.82, 2.24) is 0 Å². The Morgan fingerprint density at radius 3 is 1.41 bits per heavy atom. The van der Waals surface area contributed by atoms with E-state index in [4.69, 9.17) is 18.9 Å². The average Bonchev–Trinajstić information content (AvgIpc) is 2.73. The monoisotopic (exact) mass is 390 g/mol. The summed E-state index contributed by atoms with van der Waals surface area (Å²) in [6.07, 6.45) is 0. The minimum absolute atomic E-state index is 0.204. The topological polar surface area (TPSA) is 36.9 Å². The Kier molecular flexibility index (Phi) is 10.8. The normalized spacial score (nSPS) is 13.1. The number of benzene rings is 2. The molecule has 148 valence electrons. The van der Waals surface area contributed by atoms with Crippen LogP contribution in [0.3, 0.4) is 0 Å². The molecule has 2 aromatic rings. The third-order valence-corrected chi connectivity index (χ3v) is 5.07. The van der Waals surface area contributed by atoms with Crippen LogP contribution in [-0.2, 0) is 9.47 Å². The molecule has 2 atom stereocenters. The van der Waals surface area contributed by atoms with Crippen molar-refractivity contribution in [3.63, 3.8) is 0 Å². The van der Waals surface area contributed by atoms with Crippen molar-refractivity contribution < 1.29 is 18.9 Å². The Hall–Kier alpha value is -1.69. The van der Waals surface area contributed by atoms with Gasteiger partial charge in [0.15, 0.2) is 0 Å². The zero-order chi connectivity index (χ0) is 19.2. The highest BCUT2D eigenvalue weighted by Gasteiger charge is 2.19. The van der Waals surface area contributed by atoms with Crippen LogP contribution in [0.2, 0.25) is 0 Å². The predicted octanol–water partition coefficient (Wildman–Crippen LogP) is 4.69. The van der Waals surface area contributed by atoms with E-state index >= 15 is 0 Å². The quantitative estimate of drug-likeness (QED) is 0.468.